The summed E-state index contributed by atoms with van der Waals surface area (Å²) in [7, 11) is 1.85. The molecule has 0 unspecified atom stereocenters. The van der Waals surface area contributed by atoms with Gasteiger partial charge in [-0.15, -0.1) is 0 Å². The van der Waals surface area contributed by atoms with E-state index in [1.807, 2.05) is 45.2 Å². The van der Waals surface area contributed by atoms with E-state index >= 15 is 0 Å². The number of para-hydroxylation sites is 1. The molecular weight excluding hydrogens is 330 g/mol. The monoisotopic (exact) mass is 353 g/mol. The lowest BCUT2D eigenvalue weighted by molar-refractivity contribution is -0.149. The van der Waals surface area contributed by atoms with Crippen LogP contribution in [0, 0.1) is 13.8 Å². The molecule has 0 radical (unpaired) electrons. The Kier molecular flexibility index (Phi) is 4.93. The predicted molar refractivity (Wildman–Crippen MR) is 99.8 cm³/mol. The standard InChI is InChI=1S/C20H23N3O3/c1-13-17(14(2)22(4)21-13)9-10-19(24)26-15(3)20(25)23-12-11-16-7-5-6-8-18(16)23/h5-10,15H,11-12H2,1-4H3/b10-9+/t15-/m0/s1. The number of ether oxygens (including phenoxy) is 1. The first-order chi connectivity index (χ1) is 12.4. The fourth-order valence-electron chi connectivity index (χ4n) is 3.23. The van der Waals surface area contributed by atoms with Crippen molar-refractivity contribution in [1.29, 1.82) is 0 Å². The largest absolute Gasteiger partial charge is 0.449 e. The summed E-state index contributed by atoms with van der Waals surface area (Å²) in [5, 5.41) is 4.30. The number of aromatic nitrogens is 2. The van der Waals surface area contributed by atoms with Gasteiger partial charge in [0.05, 0.1) is 5.69 Å². The molecule has 0 aliphatic carbocycles. The van der Waals surface area contributed by atoms with Crippen LogP contribution in [0.1, 0.15) is 29.4 Å². The summed E-state index contributed by atoms with van der Waals surface area (Å²) in [6.45, 7) is 6.04. The third kappa shape index (κ3) is 3.40. The quantitative estimate of drug-likeness (QED) is 0.626. The number of esters is 1. The summed E-state index contributed by atoms with van der Waals surface area (Å²) >= 11 is 0. The van der Waals surface area contributed by atoms with E-state index in [1.54, 1.807) is 22.6 Å². The first-order valence-corrected chi connectivity index (χ1v) is 8.66. The SMILES string of the molecule is Cc1nn(C)c(C)c1/C=C/C(=O)O[C@@H](C)C(=O)N1CCc2ccccc21. The van der Waals surface area contributed by atoms with E-state index in [-0.39, 0.29) is 5.91 Å². The van der Waals surface area contributed by atoms with Crippen molar-refractivity contribution in [1.82, 2.24) is 9.78 Å². The lowest BCUT2D eigenvalue weighted by atomic mass is 10.2. The zero-order valence-electron chi connectivity index (χ0n) is 15.5. The number of nitrogens with zero attached hydrogens (tertiary/aromatic N) is 3. The maximum absolute atomic E-state index is 12.6. The average molecular weight is 353 g/mol. The molecular formula is C20H23N3O3. The Bertz CT molecular complexity index is 882. The number of carbonyl (C=O) groups is 2. The Balaban J connectivity index is 1.64. The van der Waals surface area contributed by atoms with Crippen molar-refractivity contribution < 1.29 is 14.3 Å². The Labute approximate surface area is 153 Å². The number of fused-ring (bicyclic) bond motifs is 1. The molecule has 1 aliphatic rings. The van der Waals surface area contributed by atoms with Crippen molar-refractivity contribution in [2.24, 2.45) is 7.05 Å². The van der Waals surface area contributed by atoms with Crippen LogP contribution in [-0.2, 0) is 27.8 Å². The molecule has 1 amide bonds. The number of anilines is 1. The lowest BCUT2D eigenvalue weighted by Crippen LogP contribution is -2.38. The van der Waals surface area contributed by atoms with Gasteiger partial charge in [0.1, 0.15) is 0 Å². The first-order valence-electron chi connectivity index (χ1n) is 8.66. The zero-order valence-corrected chi connectivity index (χ0v) is 15.5. The molecule has 0 N–H and O–H groups in total. The van der Waals surface area contributed by atoms with Crippen LogP contribution in [0.25, 0.3) is 6.08 Å². The fourth-order valence-corrected chi connectivity index (χ4v) is 3.23. The van der Waals surface area contributed by atoms with E-state index in [0.29, 0.717) is 6.54 Å². The van der Waals surface area contributed by atoms with E-state index < -0.39 is 12.1 Å². The van der Waals surface area contributed by atoms with Gasteiger partial charge in [0, 0.05) is 36.6 Å². The Morgan fingerprint density at radius 2 is 2.00 bits per heavy atom. The molecule has 1 aliphatic heterocycles. The molecule has 0 fully saturated rings. The van der Waals surface area contributed by atoms with Crippen LogP contribution >= 0.6 is 0 Å². The molecule has 2 aromatic rings. The van der Waals surface area contributed by atoms with Crippen LogP contribution in [0.4, 0.5) is 5.69 Å². The highest BCUT2D eigenvalue weighted by molar-refractivity contribution is 6.00. The Morgan fingerprint density at radius 3 is 2.69 bits per heavy atom. The number of carbonyl (C=O) groups excluding carboxylic acids is 2. The van der Waals surface area contributed by atoms with Gasteiger partial charge < -0.3 is 9.64 Å². The van der Waals surface area contributed by atoms with Crippen molar-refractivity contribution in [2.75, 3.05) is 11.4 Å². The third-order valence-corrected chi connectivity index (χ3v) is 4.74. The summed E-state index contributed by atoms with van der Waals surface area (Å²) in [6, 6.07) is 7.80. The summed E-state index contributed by atoms with van der Waals surface area (Å²) < 4.78 is 7.06. The highest BCUT2D eigenvalue weighted by atomic mass is 16.5. The van der Waals surface area contributed by atoms with Gasteiger partial charge in [-0.05, 0) is 44.9 Å². The average Bonchev–Trinajstić information content (AvgIpc) is 3.14. The van der Waals surface area contributed by atoms with Gasteiger partial charge in [0.15, 0.2) is 6.10 Å². The minimum atomic E-state index is -0.839. The van der Waals surface area contributed by atoms with Gasteiger partial charge in [-0.2, -0.15) is 5.10 Å². The van der Waals surface area contributed by atoms with Crippen LogP contribution < -0.4 is 4.90 Å². The molecule has 0 bridgehead atoms. The van der Waals surface area contributed by atoms with Gasteiger partial charge in [-0.3, -0.25) is 9.48 Å². The molecule has 136 valence electrons. The van der Waals surface area contributed by atoms with Crippen molar-refractivity contribution in [3.63, 3.8) is 0 Å². The summed E-state index contributed by atoms with van der Waals surface area (Å²) in [5.41, 5.74) is 4.73. The van der Waals surface area contributed by atoms with Crippen LogP contribution in [0.3, 0.4) is 0 Å². The minimum absolute atomic E-state index is 0.203. The van der Waals surface area contributed by atoms with E-state index in [0.717, 1.165) is 34.6 Å². The predicted octanol–water partition coefficient (Wildman–Crippen LogP) is 2.57. The highest BCUT2D eigenvalue weighted by Crippen LogP contribution is 2.28. The molecule has 6 heteroatoms. The molecule has 6 nitrogen and oxygen atoms in total. The van der Waals surface area contributed by atoms with E-state index in [1.165, 1.54) is 6.08 Å². The fraction of sp³-hybridized carbons (Fsp3) is 0.350. The molecule has 1 aromatic carbocycles. The second-order valence-electron chi connectivity index (χ2n) is 6.49. The molecule has 26 heavy (non-hydrogen) atoms. The zero-order chi connectivity index (χ0) is 18.8. The van der Waals surface area contributed by atoms with Gasteiger partial charge in [0.25, 0.3) is 5.91 Å². The molecule has 1 aromatic heterocycles. The van der Waals surface area contributed by atoms with Crippen LogP contribution in [0.2, 0.25) is 0 Å². The Hall–Kier alpha value is -2.89. The summed E-state index contributed by atoms with van der Waals surface area (Å²) in [6.07, 6.45) is 3.01. The first kappa shape index (κ1) is 17.9. The normalized spacial score (nSPS) is 14.5. The smallest absolute Gasteiger partial charge is 0.331 e. The maximum Gasteiger partial charge on any atom is 0.331 e. The molecule has 3 rings (SSSR count). The van der Waals surface area contributed by atoms with E-state index in [9.17, 15) is 9.59 Å². The minimum Gasteiger partial charge on any atom is -0.449 e. The van der Waals surface area contributed by atoms with Crippen LogP contribution in [0.15, 0.2) is 30.3 Å². The van der Waals surface area contributed by atoms with Crippen molar-refractivity contribution in [3.05, 3.63) is 52.9 Å². The van der Waals surface area contributed by atoms with Gasteiger partial charge in [-0.25, -0.2) is 4.79 Å². The number of rotatable bonds is 4. The number of hydrogen-bond acceptors (Lipinski definition) is 4. The summed E-state index contributed by atoms with van der Waals surface area (Å²) in [5.74, 6) is -0.744. The van der Waals surface area contributed by atoms with Crippen molar-refractivity contribution >= 4 is 23.6 Å². The second kappa shape index (κ2) is 7.15. The topological polar surface area (TPSA) is 64.4 Å². The van der Waals surface area contributed by atoms with Gasteiger partial charge in [-0.1, -0.05) is 18.2 Å². The van der Waals surface area contributed by atoms with Crippen LogP contribution in [0.5, 0.6) is 0 Å². The number of benzene rings is 1. The molecule has 2 heterocycles. The molecule has 0 saturated carbocycles. The van der Waals surface area contributed by atoms with E-state index in [4.69, 9.17) is 4.74 Å². The third-order valence-electron chi connectivity index (χ3n) is 4.74. The number of hydrogen-bond donors (Lipinski definition) is 0. The maximum atomic E-state index is 12.6. The van der Waals surface area contributed by atoms with Crippen molar-refractivity contribution in [2.45, 2.75) is 33.3 Å². The second-order valence-corrected chi connectivity index (χ2v) is 6.49. The number of aryl methyl sites for hydroxylation is 2. The molecule has 0 spiro atoms. The number of amides is 1. The Morgan fingerprint density at radius 1 is 1.27 bits per heavy atom. The van der Waals surface area contributed by atoms with E-state index in [2.05, 4.69) is 5.10 Å². The highest BCUT2D eigenvalue weighted by Gasteiger charge is 2.29. The lowest BCUT2D eigenvalue weighted by Gasteiger charge is -2.21. The van der Waals surface area contributed by atoms with Crippen LogP contribution in [-0.4, -0.2) is 34.3 Å². The van der Waals surface area contributed by atoms with Crippen molar-refractivity contribution in [3.8, 4) is 0 Å². The summed E-state index contributed by atoms with van der Waals surface area (Å²) in [4.78, 5) is 26.4. The molecule has 1 atom stereocenters. The molecule has 0 saturated heterocycles. The van der Waals surface area contributed by atoms with Gasteiger partial charge in [0.2, 0.25) is 0 Å². The van der Waals surface area contributed by atoms with Gasteiger partial charge >= 0.3 is 5.97 Å².